The number of aliphatic hydroxyl groups is 1. The minimum Gasteiger partial charge on any atom is -0.493 e. The normalized spacial score (nSPS) is 16.0. The summed E-state index contributed by atoms with van der Waals surface area (Å²) in [4.78, 5) is 28.8. The summed E-state index contributed by atoms with van der Waals surface area (Å²) in [5, 5.41) is 17.2. The van der Waals surface area contributed by atoms with Gasteiger partial charge in [0.05, 0.1) is 18.3 Å². The fourth-order valence-corrected chi connectivity index (χ4v) is 5.93. The molecule has 0 spiro atoms. The van der Waals surface area contributed by atoms with Gasteiger partial charge < -0.3 is 30.9 Å². The smallest absolute Gasteiger partial charge is 0.255 e. The quantitative estimate of drug-likeness (QED) is 0.109. The standard InChI is InChI=1S/C36H64N4O5.2ClH/c1-7-8-16-38-36(43)31(27(4)5)23-33(41)32(37)22-29(26(2)3)24-39-35(42)30-15-14-28(25-40-17-10-9-11-18-40)21-34(30)45-20-13-12-19-44-6;;/h14-15,21,26-27,29,31-33,41H,7-13,16-20,22-25,37H2,1-6H3,(H,38,43)(H,39,42);2*1H/t29-,31+,32+,33+;;/m1../s1. The highest BCUT2D eigenvalue weighted by molar-refractivity contribution is 5.97. The number of hydrogen-bond donors (Lipinski definition) is 4. The zero-order valence-electron chi connectivity index (χ0n) is 29.9. The van der Waals surface area contributed by atoms with Crippen LogP contribution in [0.3, 0.4) is 0 Å². The first-order chi connectivity index (χ1) is 21.6. The number of nitrogens with one attached hydrogen (secondary N) is 2. The zero-order valence-corrected chi connectivity index (χ0v) is 31.6. The molecule has 1 aliphatic heterocycles. The molecule has 0 radical (unpaired) electrons. The minimum atomic E-state index is -0.808. The molecule has 1 saturated heterocycles. The van der Waals surface area contributed by atoms with E-state index in [1.807, 2.05) is 32.0 Å². The fourth-order valence-electron chi connectivity index (χ4n) is 5.93. The van der Waals surface area contributed by atoms with Crippen LogP contribution in [0.4, 0.5) is 0 Å². The minimum absolute atomic E-state index is 0. The van der Waals surface area contributed by atoms with Crippen LogP contribution < -0.4 is 21.1 Å². The van der Waals surface area contributed by atoms with Crippen LogP contribution in [0.2, 0.25) is 0 Å². The van der Waals surface area contributed by atoms with Gasteiger partial charge in [0.2, 0.25) is 5.91 Å². The Kier molecular flexibility index (Phi) is 24.5. The molecule has 0 unspecified atom stereocenters. The average molecular weight is 706 g/mol. The number of likely N-dealkylation sites (tertiary alicyclic amines) is 1. The lowest BCUT2D eigenvalue weighted by Gasteiger charge is -2.30. The Morgan fingerprint density at radius 1 is 0.957 bits per heavy atom. The summed E-state index contributed by atoms with van der Waals surface area (Å²) in [6.45, 7) is 15.7. The van der Waals surface area contributed by atoms with Gasteiger partial charge in [0.15, 0.2) is 0 Å². The predicted octanol–water partition coefficient (Wildman–Crippen LogP) is 5.98. The monoisotopic (exact) mass is 704 g/mol. The summed E-state index contributed by atoms with van der Waals surface area (Å²) in [5.74, 6) is 0.522. The first-order valence-electron chi connectivity index (χ1n) is 17.5. The number of methoxy groups -OCH3 is 1. The van der Waals surface area contributed by atoms with Crippen LogP contribution in [0.5, 0.6) is 5.75 Å². The summed E-state index contributed by atoms with van der Waals surface area (Å²) >= 11 is 0. The molecule has 274 valence electrons. The van der Waals surface area contributed by atoms with Gasteiger partial charge in [-0.25, -0.2) is 0 Å². The van der Waals surface area contributed by atoms with E-state index < -0.39 is 12.1 Å². The first-order valence-corrected chi connectivity index (χ1v) is 17.5. The first kappa shape index (κ1) is 45.4. The molecule has 9 nitrogen and oxygen atoms in total. The lowest BCUT2D eigenvalue weighted by molar-refractivity contribution is -0.127. The molecule has 5 N–H and O–H groups in total. The van der Waals surface area contributed by atoms with Gasteiger partial charge >= 0.3 is 0 Å². The Hall–Kier alpha value is -1.62. The number of halogens is 2. The maximum absolute atomic E-state index is 13.5. The van der Waals surface area contributed by atoms with Gasteiger partial charge in [0, 0.05) is 45.3 Å². The van der Waals surface area contributed by atoms with Crippen molar-refractivity contribution in [1.29, 1.82) is 0 Å². The zero-order chi connectivity index (χ0) is 33.2. The summed E-state index contributed by atoms with van der Waals surface area (Å²) in [6.07, 6.45) is 7.50. The molecule has 0 aliphatic carbocycles. The number of ether oxygens (including phenoxy) is 2. The third kappa shape index (κ3) is 17.0. The number of amides is 2. The number of benzene rings is 1. The van der Waals surface area contributed by atoms with Crippen molar-refractivity contribution in [2.24, 2.45) is 29.4 Å². The van der Waals surface area contributed by atoms with E-state index in [1.165, 1.54) is 19.3 Å². The van der Waals surface area contributed by atoms with Crippen LogP contribution in [0.1, 0.15) is 108 Å². The largest absolute Gasteiger partial charge is 0.493 e. The Morgan fingerprint density at radius 3 is 2.26 bits per heavy atom. The Bertz CT molecular complexity index is 994. The van der Waals surface area contributed by atoms with Crippen LogP contribution in [-0.2, 0) is 16.1 Å². The number of aliphatic hydroxyl groups excluding tert-OH is 1. The van der Waals surface area contributed by atoms with Gasteiger partial charge in [-0.05, 0) is 93.5 Å². The molecular weight excluding hydrogens is 639 g/mol. The van der Waals surface area contributed by atoms with Crippen molar-refractivity contribution in [2.45, 2.75) is 111 Å². The summed E-state index contributed by atoms with van der Waals surface area (Å²) in [6, 6.07) is 5.45. The lowest BCUT2D eigenvalue weighted by Crippen LogP contribution is -2.44. The number of hydrogen-bond acceptors (Lipinski definition) is 7. The molecule has 2 amide bonds. The third-order valence-corrected chi connectivity index (χ3v) is 9.15. The van der Waals surface area contributed by atoms with Crippen molar-refractivity contribution in [3.05, 3.63) is 29.3 Å². The second-order valence-electron chi connectivity index (χ2n) is 13.6. The van der Waals surface area contributed by atoms with Gasteiger partial charge in [-0.15, -0.1) is 24.8 Å². The van der Waals surface area contributed by atoms with Crippen molar-refractivity contribution in [3.63, 3.8) is 0 Å². The highest BCUT2D eigenvalue weighted by Crippen LogP contribution is 2.25. The number of nitrogens with two attached hydrogens (primary N) is 1. The molecule has 1 aromatic rings. The highest BCUT2D eigenvalue weighted by atomic mass is 35.5. The van der Waals surface area contributed by atoms with E-state index in [-0.39, 0.29) is 60.3 Å². The van der Waals surface area contributed by atoms with Crippen molar-refractivity contribution in [2.75, 3.05) is 46.5 Å². The van der Waals surface area contributed by atoms with Gasteiger partial charge in [-0.3, -0.25) is 14.5 Å². The van der Waals surface area contributed by atoms with E-state index in [0.29, 0.717) is 50.5 Å². The van der Waals surface area contributed by atoms with Crippen LogP contribution in [-0.4, -0.2) is 80.5 Å². The second-order valence-corrected chi connectivity index (χ2v) is 13.6. The highest BCUT2D eigenvalue weighted by Gasteiger charge is 2.30. The molecule has 11 heteroatoms. The molecule has 1 heterocycles. The molecule has 1 fully saturated rings. The lowest BCUT2D eigenvalue weighted by atomic mass is 9.83. The van der Waals surface area contributed by atoms with Crippen LogP contribution in [0.25, 0.3) is 0 Å². The Morgan fingerprint density at radius 2 is 1.64 bits per heavy atom. The number of carbonyl (C=O) groups excluding carboxylic acids is 2. The molecule has 1 aromatic carbocycles. The van der Waals surface area contributed by atoms with Crippen LogP contribution in [0.15, 0.2) is 18.2 Å². The van der Waals surface area contributed by atoms with Crippen molar-refractivity contribution < 1.29 is 24.2 Å². The summed E-state index contributed by atoms with van der Waals surface area (Å²) < 4.78 is 11.3. The summed E-state index contributed by atoms with van der Waals surface area (Å²) in [7, 11) is 1.70. The van der Waals surface area contributed by atoms with Crippen molar-refractivity contribution >= 4 is 36.6 Å². The third-order valence-electron chi connectivity index (χ3n) is 9.15. The SMILES string of the molecule is CCCCNC(=O)[C@@H](C[C@H](O)[C@@H](N)C[C@H](CNC(=O)c1ccc(CN2CCCCC2)cc1OCCCCOC)C(C)C)C(C)C.Cl.Cl. The molecule has 2 rings (SSSR count). The van der Waals surface area contributed by atoms with Crippen molar-refractivity contribution in [3.8, 4) is 5.75 Å². The van der Waals surface area contributed by atoms with Gasteiger partial charge in [-0.1, -0.05) is 53.5 Å². The maximum atomic E-state index is 13.5. The van der Waals surface area contributed by atoms with E-state index in [0.717, 1.165) is 50.9 Å². The number of nitrogens with zero attached hydrogens (tertiary/aromatic N) is 1. The van der Waals surface area contributed by atoms with E-state index in [9.17, 15) is 14.7 Å². The molecule has 4 atom stereocenters. The van der Waals surface area contributed by atoms with Crippen LogP contribution in [0, 0.1) is 23.7 Å². The Labute approximate surface area is 297 Å². The number of unbranched alkanes of at least 4 members (excludes halogenated alkanes) is 2. The van der Waals surface area contributed by atoms with Crippen molar-refractivity contribution in [1.82, 2.24) is 15.5 Å². The van der Waals surface area contributed by atoms with E-state index >= 15 is 0 Å². The van der Waals surface area contributed by atoms with Crippen LogP contribution >= 0.6 is 24.8 Å². The van der Waals surface area contributed by atoms with Gasteiger partial charge in [0.25, 0.3) is 5.91 Å². The Balaban J connectivity index is 0.0000106. The molecule has 0 bridgehead atoms. The molecular formula is C36H66Cl2N4O5. The maximum Gasteiger partial charge on any atom is 0.255 e. The molecule has 1 aliphatic rings. The van der Waals surface area contributed by atoms with E-state index in [2.05, 4.69) is 36.3 Å². The second kappa shape index (κ2) is 25.4. The number of piperidine rings is 1. The van der Waals surface area contributed by atoms with Gasteiger partial charge in [0.1, 0.15) is 5.75 Å². The molecule has 0 aromatic heterocycles. The number of carbonyl (C=O) groups is 2. The summed E-state index contributed by atoms with van der Waals surface area (Å²) in [5.41, 5.74) is 8.21. The van der Waals surface area contributed by atoms with E-state index in [1.54, 1.807) is 7.11 Å². The average Bonchev–Trinajstić information content (AvgIpc) is 3.01. The predicted molar refractivity (Wildman–Crippen MR) is 197 cm³/mol. The van der Waals surface area contributed by atoms with Gasteiger partial charge in [-0.2, -0.15) is 0 Å². The molecule has 0 saturated carbocycles. The molecule has 47 heavy (non-hydrogen) atoms. The number of rotatable bonds is 22. The van der Waals surface area contributed by atoms with E-state index in [4.69, 9.17) is 15.2 Å². The topological polar surface area (TPSA) is 126 Å². The fraction of sp³-hybridized carbons (Fsp3) is 0.778.